The Kier molecular flexibility index (Phi) is 10.3. The molecule has 2 aromatic carbocycles. The fourth-order valence-electron chi connectivity index (χ4n) is 3.52. The number of carboxylic acid groups (broad SMARTS) is 1. The van der Waals surface area contributed by atoms with Crippen molar-refractivity contribution in [3.63, 3.8) is 0 Å². The number of carbonyl (C=O) groups excluding carboxylic acids is 1. The number of halogens is 7. The van der Waals surface area contributed by atoms with E-state index < -0.39 is 23.9 Å². The Hall–Kier alpha value is -4.11. The highest BCUT2D eigenvalue weighted by atomic mass is 35.5. The second kappa shape index (κ2) is 13.5. The number of carbonyl (C=O) groups is 2. The van der Waals surface area contributed by atoms with Gasteiger partial charge in [-0.1, -0.05) is 29.8 Å². The number of piperazine rings is 1. The number of hydrogen-bond acceptors (Lipinski definition) is 6. The van der Waals surface area contributed by atoms with E-state index in [2.05, 4.69) is 20.4 Å². The van der Waals surface area contributed by atoms with E-state index in [1.165, 1.54) is 12.1 Å². The molecule has 0 bridgehead atoms. The summed E-state index contributed by atoms with van der Waals surface area (Å²) in [5, 5.41) is 17.6. The van der Waals surface area contributed by atoms with Crippen molar-refractivity contribution in [2.24, 2.45) is 0 Å². The molecule has 0 atom stereocenters. The predicted octanol–water partition coefficient (Wildman–Crippen LogP) is 5.92. The van der Waals surface area contributed by atoms with Crippen LogP contribution in [0.1, 0.15) is 11.1 Å². The van der Waals surface area contributed by atoms with Gasteiger partial charge in [-0.2, -0.15) is 26.3 Å². The predicted molar refractivity (Wildman–Crippen MR) is 135 cm³/mol. The molecule has 1 aliphatic rings. The van der Waals surface area contributed by atoms with Gasteiger partial charge < -0.3 is 14.7 Å². The zero-order chi connectivity index (χ0) is 30.2. The maximum atomic E-state index is 12.9. The number of urea groups is 1. The number of rotatable bonds is 5. The Bertz CT molecular complexity index is 1330. The Morgan fingerprint density at radius 2 is 1.51 bits per heavy atom. The SMILES string of the molecule is O=C(Nc1ccc(Cl)nn1)N1CCN(Cc2cccc(Oc3cccc(C(F)(F)F)c3)c2)CC1.O=C(O)C(F)(F)F. The highest BCUT2D eigenvalue weighted by molar-refractivity contribution is 6.29. The van der Waals surface area contributed by atoms with Gasteiger partial charge in [0, 0.05) is 32.7 Å². The molecule has 41 heavy (non-hydrogen) atoms. The summed E-state index contributed by atoms with van der Waals surface area (Å²) in [6.07, 6.45) is -9.51. The minimum Gasteiger partial charge on any atom is -0.475 e. The van der Waals surface area contributed by atoms with Gasteiger partial charge in [-0.05, 0) is 48.0 Å². The molecule has 2 amide bonds. The molecule has 2 heterocycles. The Morgan fingerprint density at radius 1 is 0.902 bits per heavy atom. The third kappa shape index (κ3) is 10.1. The summed E-state index contributed by atoms with van der Waals surface area (Å²) in [5.41, 5.74) is 0.199. The van der Waals surface area contributed by atoms with Crippen LogP contribution in [0, 0.1) is 0 Å². The Morgan fingerprint density at radius 3 is 2.07 bits per heavy atom. The fraction of sp³-hybridized carbons (Fsp3) is 0.280. The normalized spacial score (nSPS) is 14.1. The first kappa shape index (κ1) is 31.4. The molecule has 1 fully saturated rings. The second-order valence-electron chi connectivity index (χ2n) is 8.51. The summed E-state index contributed by atoms with van der Waals surface area (Å²) < 4.78 is 76.2. The van der Waals surface area contributed by atoms with Crippen LogP contribution >= 0.6 is 11.6 Å². The Labute approximate surface area is 234 Å². The van der Waals surface area contributed by atoms with Crippen LogP contribution in [0.3, 0.4) is 0 Å². The van der Waals surface area contributed by atoms with Crippen LogP contribution in [0.15, 0.2) is 60.7 Å². The van der Waals surface area contributed by atoms with Gasteiger partial charge in [-0.3, -0.25) is 10.2 Å². The zero-order valence-electron chi connectivity index (χ0n) is 20.9. The number of alkyl halides is 6. The van der Waals surface area contributed by atoms with E-state index in [4.69, 9.17) is 26.2 Å². The summed E-state index contributed by atoms with van der Waals surface area (Å²) in [4.78, 5) is 25.2. The van der Waals surface area contributed by atoms with Crippen molar-refractivity contribution in [2.45, 2.75) is 18.9 Å². The van der Waals surface area contributed by atoms with E-state index in [0.29, 0.717) is 44.3 Å². The van der Waals surface area contributed by atoms with Crippen LogP contribution in [0.5, 0.6) is 11.5 Å². The molecule has 0 aliphatic carbocycles. The standard InChI is InChI=1S/C23H21ClF3N5O2.C2HF3O2/c24-20-7-8-21(30-29-20)28-22(33)32-11-9-31(10-12-32)15-16-3-1-5-18(13-16)34-19-6-2-4-17(14-19)23(25,26)27;3-2(4,5)1(6)7/h1-8,13-14H,9-12,15H2,(H,28,30,33);(H,6,7). The van der Waals surface area contributed by atoms with Crippen LogP contribution in [-0.2, 0) is 17.5 Å². The molecule has 0 radical (unpaired) electrons. The molecule has 0 unspecified atom stereocenters. The minimum atomic E-state index is -5.08. The number of anilines is 1. The van der Waals surface area contributed by atoms with E-state index in [0.717, 1.165) is 17.7 Å². The number of amides is 2. The number of carboxylic acids is 1. The zero-order valence-corrected chi connectivity index (χ0v) is 21.7. The average molecular weight is 606 g/mol. The first-order valence-electron chi connectivity index (χ1n) is 11.7. The molecule has 16 heteroatoms. The van der Waals surface area contributed by atoms with Gasteiger partial charge in [0.05, 0.1) is 5.56 Å². The van der Waals surface area contributed by atoms with Crippen LogP contribution in [0.2, 0.25) is 5.15 Å². The molecule has 2 N–H and O–H groups in total. The van der Waals surface area contributed by atoms with Crippen LogP contribution in [0.4, 0.5) is 37.0 Å². The lowest BCUT2D eigenvalue weighted by molar-refractivity contribution is -0.192. The molecular weight excluding hydrogens is 584 g/mol. The lowest BCUT2D eigenvalue weighted by Gasteiger charge is -2.34. The smallest absolute Gasteiger partial charge is 0.475 e. The first-order chi connectivity index (χ1) is 19.2. The van der Waals surface area contributed by atoms with E-state index in [9.17, 15) is 31.1 Å². The van der Waals surface area contributed by atoms with Gasteiger partial charge in [0.15, 0.2) is 11.0 Å². The lowest BCUT2D eigenvalue weighted by atomic mass is 10.2. The molecule has 1 aromatic heterocycles. The average Bonchev–Trinajstić information content (AvgIpc) is 2.90. The molecule has 0 spiro atoms. The maximum absolute atomic E-state index is 12.9. The number of aromatic nitrogens is 2. The minimum absolute atomic E-state index is 0.122. The fourth-order valence-corrected chi connectivity index (χ4v) is 3.62. The van der Waals surface area contributed by atoms with Crippen LogP contribution < -0.4 is 10.1 Å². The van der Waals surface area contributed by atoms with Gasteiger partial charge in [0.25, 0.3) is 0 Å². The maximum Gasteiger partial charge on any atom is 0.490 e. The summed E-state index contributed by atoms with van der Waals surface area (Å²) in [5.74, 6) is -1.85. The largest absolute Gasteiger partial charge is 0.490 e. The van der Waals surface area contributed by atoms with Gasteiger partial charge >= 0.3 is 24.4 Å². The molecule has 1 aliphatic heterocycles. The number of nitrogens with one attached hydrogen (secondary N) is 1. The lowest BCUT2D eigenvalue weighted by Crippen LogP contribution is -2.49. The van der Waals surface area contributed by atoms with Crippen molar-refractivity contribution in [3.05, 3.63) is 76.9 Å². The van der Waals surface area contributed by atoms with Gasteiger partial charge in [-0.15, -0.1) is 10.2 Å². The third-order valence-electron chi connectivity index (χ3n) is 5.47. The number of benzene rings is 2. The molecule has 1 saturated heterocycles. The van der Waals surface area contributed by atoms with Crippen molar-refractivity contribution in [1.29, 1.82) is 0 Å². The van der Waals surface area contributed by atoms with Crippen molar-refractivity contribution in [1.82, 2.24) is 20.0 Å². The number of aliphatic carboxylic acids is 1. The van der Waals surface area contributed by atoms with Crippen molar-refractivity contribution >= 4 is 29.4 Å². The highest BCUT2D eigenvalue weighted by Crippen LogP contribution is 2.33. The van der Waals surface area contributed by atoms with E-state index in [1.807, 2.05) is 6.07 Å². The molecule has 0 saturated carbocycles. The topological polar surface area (TPSA) is 108 Å². The van der Waals surface area contributed by atoms with E-state index in [1.54, 1.807) is 35.2 Å². The second-order valence-corrected chi connectivity index (χ2v) is 8.90. The molecule has 220 valence electrons. The van der Waals surface area contributed by atoms with Crippen LogP contribution in [-0.4, -0.2) is 69.5 Å². The Balaban J connectivity index is 0.000000587. The van der Waals surface area contributed by atoms with Crippen LogP contribution in [0.25, 0.3) is 0 Å². The van der Waals surface area contributed by atoms with Crippen molar-refractivity contribution < 1.29 is 45.8 Å². The van der Waals surface area contributed by atoms with E-state index >= 15 is 0 Å². The molecule has 3 aromatic rings. The summed E-state index contributed by atoms with van der Waals surface area (Å²) in [6, 6.07) is 14.9. The quantitative estimate of drug-likeness (QED) is 0.348. The summed E-state index contributed by atoms with van der Waals surface area (Å²) in [6.45, 7) is 3.02. The van der Waals surface area contributed by atoms with Gasteiger partial charge in [0.2, 0.25) is 0 Å². The van der Waals surface area contributed by atoms with Gasteiger partial charge in [0.1, 0.15) is 11.5 Å². The molecule has 4 rings (SSSR count). The molecule has 9 nitrogen and oxygen atoms in total. The van der Waals surface area contributed by atoms with Crippen molar-refractivity contribution in [2.75, 3.05) is 31.5 Å². The van der Waals surface area contributed by atoms with E-state index in [-0.39, 0.29) is 16.9 Å². The molecular formula is C25H22ClF6N5O4. The monoisotopic (exact) mass is 605 g/mol. The summed E-state index contributed by atoms with van der Waals surface area (Å²) >= 11 is 5.70. The first-order valence-corrected chi connectivity index (χ1v) is 12.1. The van der Waals surface area contributed by atoms with Crippen molar-refractivity contribution in [3.8, 4) is 11.5 Å². The number of nitrogens with zero attached hydrogens (tertiary/aromatic N) is 4. The van der Waals surface area contributed by atoms with Gasteiger partial charge in [-0.25, -0.2) is 9.59 Å². The number of hydrogen-bond donors (Lipinski definition) is 2. The highest BCUT2D eigenvalue weighted by Gasteiger charge is 2.38. The third-order valence-corrected chi connectivity index (χ3v) is 5.67. The number of ether oxygens (including phenoxy) is 1. The summed E-state index contributed by atoms with van der Waals surface area (Å²) in [7, 11) is 0.